The number of carbonyl (C=O) groups is 5. The third kappa shape index (κ3) is 22.2. The van der Waals surface area contributed by atoms with Gasteiger partial charge in [-0.25, -0.2) is 10.0 Å². The number of hydrogen-bond donors (Lipinski definition) is 5. The molecule has 3 rings (SSSR count). The second kappa shape index (κ2) is 30.9. The molecule has 2 aromatic rings. The van der Waals surface area contributed by atoms with Gasteiger partial charge in [-0.3, -0.25) is 28.8 Å². The standard InChI is InChI=1S/C35H54N4O7S.C5H11N.C2H6.CH3NO/c1-8-10-12-18-45-39(31(41)13-11-9-2)29(23(3)4)20-30(46-24(5)40)33-38-28(22-47-33)32(42)37-27(21-35(6,7)34(43)44)19-25-14-16-26(36)17-15-25;1-2-4-6-5-3-1;1-2;2-1-3/h14-17,22-23,27,29-30H,8-13,18-21,36H2,1-7H3,(H,37,42)(H,43,44);6H,1-5H2;1-2H3;1H,(H2,2,3). The van der Waals surface area contributed by atoms with Gasteiger partial charge in [-0.1, -0.05) is 79.4 Å². The number of carboxylic acid groups (broad SMARTS) is 1. The highest BCUT2D eigenvalue weighted by molar-refractivity contribution is 7.09. The number of rotatable bonds is 21. The number of amides is 3. The van der Waals surface area contributed by atoms with Crippen LogP contribution in [0.1, 0.15) is 160 Å². The van der Waals surface area contributed by atoms with Crippen molar-refractivity contribution in [2.45, 2.75) is 158 Å². The molecule has 1 aromatic heterocycles. The lowest BCUT2D eigenvalue weighted by atomic mass is 9.84. The minimum Gasteiger partial charge on any atom is -0.481 e. The Hall–Kier alpha value is -4.08. The summed E-state index contributed by atoms with van der Waals surface area (Å²) in [6.45, 7) is 19.6. The Kier molecular flexibility index (Phi) is 28.7. The first kappa shape index (κ1) is 53.9. The summed E-state index contributed by atoms with van der Waals surface area (Å²) in [6, 6.07) is 6.30. The molecule has 2 heterocycles. The number of thiazole rings is 1. The van der Waals surface area contributed by atoms with E-state index >= 15 is 0 Å². The maximum Gasteiger partial charge on any atom is 0.309 e. The van der Waals surface area contributed by atoms with Gasteiger partial charge in [-0.2, -0.15) is 0 Å². The third-order valence-electron chi connectivity index (χ3n) is 9.17. The predicted molar refractivity (Wildman–Crippen MR) is 232 cm³/mol. The van der Waals surface area contributed by atoms with Crippen LogP contribution in [-0.4, -0.2) is 77.1 Å². The second-order valence-corrected chi connectivity index (χ2v) is 15.9. The second-order valence-electron chi connectivity index (χ2n) is 15.0. The maximum atomic E-state index is 13.5. The number of benzene rings is 1. The molecular weight excluding hydrogens is 761 g/mol. The lowest BCUT2D eigenvalue weighted by Gasteiger charge is -2.35. The van der Waals surface area contributed by atoms with E-state index in [4.69, 9.17) is 20.1 Å². The number of nitrogen functional groups attached to an aromatic ring is 1. The first-order valence-electron chi connectivity index (χ1n) is 20.9. The number of carboxylic acids is 1. The molecule has 1 saturated heterocycles. The highest BCUT2D eigenvalue weighted by Crippen LogP contribution is 2.32. The van der Waals surface area contributed by atoms with Crippen LogP contribution in [0, 0.1) is 11.3 Å². The molecule has 14 nitrogen and oxygen atoms in total. The minimum absolute atomic E-state index is 0.0285. The smallest absolute Gasteiger partial charge is 0.309 e. The molecule has 58 heavy (non-hydrogen) atoms. The number of carbonyl (C=O) groups excluding carboxylic acids is 4. The van der Waals surface area contributed by atoms with E-state index in [1.54, 1.807) is 31.4 Å². The monoisotopic (exact) mass is 835 g/mol. The van der Waals surface area contributed by atoms with Gasteiger partial charge >= 0.3 is 11.9 Å². The Morgan fingerprint density at radius 1 is 1.03 bits per heavy atom. The number of nitrogens with two attached hydrogens (primary N) is 2. The van der Waals surface area contributed by atoms with E-state index in [0.29, 0.717) is 30.1 Å². The van der Waals surface area contributed by atoms with Crippen molar-refractivity contribution in [3.63, 3.8) is 0 Å². The van der Waals surface area contributed by atoms with Gasteiger partial charge in [0.15, 0.2) is 6.10 Å². The van der Waals surface area contributed by atoms with Crippen LogP contribution in [-0.2, 0) is 35.2 Å². The molecule has 15 heteroatoms. The average Bonchev–Trinajstić information content (AvgIpc) is 3.69. The summed E-state index contributed by atoms with van der Waals surface area (Å²) in [5.74, 6) is -2.08. The van der Waals surface area contributed by atoms with Crippen molar-refractivity contribution >= 4 is 47.2 Å². The summed E-state index contributed by atoms with van der Waals surface area (Å²) in [6.07, 6.45) is 9.25. The maximum absolute atomic E-state index is 13.5. The molecule has 330 valence electrons. The zero-order valence-corrected chi connectivity index (χ0v) is 37.5. The summed E-state index contributed by atoms with van der Waals surface area (Å²) < 4.78 is 5.73. The van der Waals surface area contributed by atoms with Crippen LogP contribution in [0.3, 0.4) is 0 Å². The molecule has 1 aliphatic rings. The number of hydrogen-bond acceptors (Lipinski definition) is 11. The molecule has 0 radical (unpaired) electrons. The number of piperidine rings is 1. The van der Waals surface area contributed by atoms with E-state index in [1.807, 2.05) is 46.8 Å². The Balaban J connectivity index is 0.00000258. The van der Waals surface area contributed by atoms with Crippen molar-refractivity contribution in [3.8, 4) is 0 Å². The number of nitrogens with zero attached hydrogens (tertiary/aromatic N) is 2. The summed E-state index contributed by atoms with van der Waals surface area (Å²) in [5, 5.41) is 19.5. The number of primary amides is 1. The summed E-state index contributed by atoms with van der Waals surface area (Å²) >= 11 is 1.19. The molecule has 0 bridgehead atoms. The van der Waals surface area contributed by atoms with E-state index in [0.717, 1.165) is 37.7 Å². The number of unbranched alkanes of at least 4 members (excludes halogenated alkanes) is 3. The predicted octanol–water partition coefficient (Wildman–Crippen LogP) is 7.61. The molecule has 3 atom stereocenters. The molecule has 0 spiro atoms. The summed E-state index contributed by atoms with van der Waals surface area (Å²) in [5.41, 5.74) is 10.5. The van der Waals surface area contributed by atoms with E-state index in [9.17, 15) is 24.3 Å². The topological polar surface area (TPSA) is 216 Å². The third-order valence-corrected chi connectivity index (χ3v) is 10.1. The summed E-state index contributed by atoms with van der Waals surface area (Å²) in [4.78, 5) is 70.2. The number of aromatic nitrogens is 1. The van der Waals surface area contributed by atoms with Gasteiger partial charge < -0.3 is 31.9 Å². The molecule has 1 aliphatic heterocycles. The number of ether oxygens (including phenoxy) is 1. The van der Waals surface area contributed by atoms with Gasteiger partial charge in [0, 0.05) is 36.9 Å². The highest BCUT2D eigenvalue weighted by atomic mass is 32.1. The average molecular weight is 835 g/mol. The zero-order valence-electron chi connectivity index (χ0n) is 36.6. The lowest BCUT2D eigenvalue weighted by molar-refractivity contribution is -0.210. The quantitative estimate of drug-likeness (QED) is 0.0271. The van der Waals surface area contributed by atoms with Crippen LogP contribution < -0.4 is 22.1 Å². The first-order valence-corrected chi connectivity index (χ1v) is 21.8. The molecule has 1 aromatic carbocycles. The lowest BCUT2D eigenvalue weighted by Crippen LogP contribution is -2.44. The number of esters is 1. The Morgan fingerprint density at radius 2 is 1.64 bits per heavy atom. The SMILES string of the molecule is C1CCNCC1.CC.CCCCCON(C(=O)CCCC)C(CC(OC(C)=O)c1nc(C(=O)NC(Cc2ccc(N)cc2)CC(C)(C)C(=O)O)cs1)C(C)C.NC=O. The fourth-order valence-electron chi connectivity index (χ4n) is 5.98. The van der Waals surface area contributed by atoms with Gasteiger partial charge in [0.1, 0.15) is 10.7 Å². The molecule has 3 amide bonds. The van der Waals surface area contributed by atoms with Crippen LogP contribution in [0.25, 0.3) is 0 Å². The molecule has 7 N–H and O–H groups in total. The van der Waals surface area contributed by atoms with Gasteiger partial charge in [-0.05, 0) is 89.1 Å². The zero-order chi connectivity index (χ0) is 44.1. The molecule has 1 fully saturated rings. The van der Waals surface area contributed by atoms with Crippen LogP contribution in [0.2, 0.25) is 0 Å². The van der Waals surface area contributed by atoms with Crippen LogP contribution in [0.4, 0.5) is 5.69 Å². The molecular formula is C43H74N6O8S. The van der Waals surface area contributed by atoms with Crippen molar-refractivity contribution in [1.29, 1.82) is 0 Å². The van der Waals surface area contributed by atoms with Gasteiger partial charge in [0.05, 0.1) is 18.1 Å². The fraction of sp³-hybridized carbons (Fsp3) is 0.674. The van der Waals surface area contributed by atoms with Crippen molar-refractivity contribution in [2.75, 3.05) is 25.4 Å². The van der Waals surface area contributed by atoms with Crippen LogP contribution in [0.5, 0.6) is 0 Å². The molecule has 0 aliphatic carbocycles. The van der Waals surface area contributed by atoms with Gasteiger partial charge in [0.2, 0.25) is 12.3 Å². The van der Waals surface area contributed by atoms with Crippen molar-refractivity contribution in [2.24, 2.45) is 17.1 Å². The van der Waals surface area contributed by atoms with Crippen molar-refractivity contribution in [3.05, 3.63) is 45.9 Å². The van der Waals surface area contributed by atoms with Crippen molar-refractivity contribution in [1.82, 2.24) is 20.7 Å². The van der Waals surface area contributed by atoms with E-state index in [1.165, 1.54) is 55.7 Å². The minimum atomic E-state index is -1.09. The summed E-state index contributed by atoms with van der Waals surface area (Å²) in [7, 11) is 0. The Morgan fingerprint density at radius 3 is 2.12 bits per heavy atom. The van der Waals surface area contributed by atoms with E-state index < -0.39 is 41.4 Å². The number of nitrogens with one attached hydrogen (secondary N) is 2. The number of anilines is 1. The normalized spacial score (nSPS) is 13.8. The molecule has 0 saturated carbocycles. The number of aliphatic carboxylic acids is 1. The Labute approximate surface area is 351 Å². The Bertz CT molecular complexity index is 1440. The van der Waals surface area contributed by atoms with E-state index in [-0.39, 0.29) is 36.8 Å². The first-order chi connectivity index (χ1) is 27.6. The van der Waals surface area contributed by atoms with Gasteiger partial charge in [-0.15, -0.1) is 11.3 Å². The number of hydroxylamine groups is 2. The highest BCUT2D eigenvalue weighted by Gasteiger charge is 2.35. The van der Waals surface area contributed by atoms with Crippen LogP contribution >= 0.6 is 11.3 Å². The van der Waals surface area contributed by atoms with Gasteiger partial charge in [0.25, 0.3) is 5.91 Å². The van der Waals surface area contributed by atoms with E-state index in [2.05, 4.69) is 28.3 Å². The van der Waals surface area contributed by atoms with Crippen molar-refractivity contribution < 1.29 is 38.7 Å². The fourth-order valence-corrected chi connectivity index (χ4v) is 6.82. The largest absolute Gasteiger partial charge is 0.481 e. The molecule has 3 unspecified atom stereocenters. The van der Waals surface area contributed by atoms with Crippen LogP contribution in [0.15, 0.2) is 29.6 Å².